The smallest absolute Gasteiger partial charge is 0.321 e. The molecule has 2 aromatic carbocycles. The number of aliphatic imine (C=N–C) groups is 1. The minimum absolute atomic E-state index is 0.128. The summed E-state index contributed by atoms with van der Waals surface area (Å²) in [5.74, 6) is 0.0272. The Morgan fingerprint density at radius 1 is 1.15 bits per heavy atom. The number of nitrogens with zero attached hydrogens (tertiary/aromatic N) is 2. The molecule has 0 saturated carbocycles. The Hall–Kier alpha value is -3.50. The standard InChI is InChI=1S/C22H21ClN4O5S/c1-24-21(30)26-19(28)12-33-22-25-17(10-13-4-7-15(31-2)8-5-13)20(29)27(22)14-6-9-16(23)18(11-14)32-3/h4-11H,12H2,1-3H3,(H2,24,26,28,30)/b17-10-. The van der Waals surface area contributed by atoms with Gasteiger partial charge in [0.05, 0.1) is 30.7 Å². The predicted molar refractivity (Wildman–Crippen MR) is 129 cm³/mol. The molecule has 0 aromatic heterocycles. The van der Waals surface area contributed by atoms with Gasteiger partial charge in [-0.2, -0.15) is 0 Å². The van der Waals surface area contributed by atoms with Crippen LogP contribution in [0.2, 0.25) is 5.02 Å². The fraction of sp³-hybridized carbons (Fsp3) is 0.182. The molecule has 0 radical (unpaired) electrons. The summed E-state index contributed by atoms with van der Waals surface area (Å²) >= 11 is 7.14. The molecule has 2 aromatic rings. The normalized spacial score (nSPS) is 14.2. The van der Waals surface area contributed by atoms with Crippen LogP contribution in [0.4, 0.5) is 10.5 Å². The van der Waals surface area contributed by atoms with Gasteiger partial charge in [0, 0.05) is 13.1 Å². The van der Waals surface area contributed by atoms with E-state index in [1.165, 1.54) is 19.1 Å². The van der Waals surface area contributed by atoms with Crippen LogP contribution < -0.4 is 25.0 Å². The molecule has 33 heavy (non-hydrogen) atoms. The molecule has 0 unspecified atom stereocenters. The molecule has 11 heteroatoms. The molecule has 2 N–H and O–H groups in total. The number of amidine groups is 1. The number of methoxy groups -OCH3 is 2. The summed E-state index contributed by atoms with van der Waals surface area (Å²) < 4.78 is 10.4. The minimum atomic E-state index is -0.621. The van der Waals surface area contributed by atoms with Gasteiger partial charge in [0.25, 0.3) is 5.91 Å². The van der Waals surface area contributed by atoms with Crippen LogP contribution in [0.15, 0.2) is 53.2 Å². The van der Waals surface area contributed by atoms with Gasteiger partial charge in [-0.3, -0.25) is 19.8 Å². The lowest BCUT2D eigenvalue weighted by Crippen LogP contribution is -2.39. The van der Waals surface area contributed by atoms with Gasteiger partial charge in [0.15, 0.2) is 5.17 Å². The van der Waals surface area contributed by atoms with Crippen LogP contribution in [0.1, 0.15) is 5.56 Å². The molecule has 0 saturated heterocycles. The zero-order valence-electron chi connectivity index (χ0n) is 18.0. The molecular formula is C22H21ClN4O5S. The maximum absolute atomic E-state index is 13.3. The van der Waals surface area contributed by atoms with Crippen LogP contribution in [-0.2, 0) is 9.59 Å². The summed E-state index contributed by atoms with van der Waals surface area (Å²) in [6.45, 7) is 0. The first-order chi connectivity index (χ1) is 15.9. The van der Waals surface area contributed by atoms with Gasteiger partial charge in [0.1, 0.15) is 17.2 Å². The Kier molecular flexibility index (Phi) is 7.96. The van der Waals surface area contributed by atoms with Crippen molar-refractivity contribution in [1.82, 2.24) is 10.6 Å². The number of carbonyl (C=O) groups is 3. The third-order valence-corrected chi connectivity index (χ3v) is 5.70. The van der Waals surface area contributed by atoms with E-state index in [2.05, 4.69) is 15.6 Å². The summed E-state index contributed by atoms with van der Waals surface area (Å²) in [6, 6.07) is 11.4. The van der Waals surface area contributed by atoms with E-state index in [0.29, 0.717) is 22.2 Å². The van der Waals surface area contributed by atoms with Crippen LogP contribution in [0.3, 0.4) is 0 Å². The summed E-state index contributed by atoms with van der Waals surface area (Å²) in [5.41, 5.74) is 1.40. The lowest BCUT2D eigenvalue weighted by molar-refractivity contribution is -0.117. The number of thioether (sulfide) groups is 1. The van der Waals surface area contributed by atoms with E-state index < -0.39 is 11.9 Å². The predicted octanol–water partition coefficient (Wildman–Crippen LogP) is 3.29. The van der Waals surface area contributed by atoms with Crippen molar-refractivity contribution in [3.63, 3.8) is 0 Å². The van der Waals surface area contributed by atoms with E-state index in [1.807, 2.05) is 0 Å². The molecule has 0 atom stereocenters. The van der Waals surface area contributed by atoms with Crippen LogP contribution >= 0.6 is 23.4 Å². The van der Waals surface area contributed by atoms with Gasteiger partial charge in [-0.15, -0.1) is 0 Å². The largest absolute Gasteiger partial charge is 0.497 e. The average Bonchev–Trinajstić information content (AvgIpc) is 3.13. The number of amides is 4. The minimum Gasteiger partial charge on any atom is -0.497 e. The molecule has 4 amide bonds. The monoisotopic (exact) mass is 488 g/mol. The van der Waals surface area contributed by atoms with Gasteiger partial charge in [-0.1, -0.05) is 35.5 Å². The second-order valence-electron chi connectivity index (χ2n) is 6.57. The maximum atomic E-state index is 13.3. The van der Waals surface area contributed by atoms with Gasteiger partial charge < -0.3 is 14.8 Å². The first-order valence-corrected chi connectivity index (χ1v) is 11.0. The quantitative estimate of drug-likeness (QED) is 0.604. The van der Waals surface area contributed by atoms with Crippen LogP contribution in [0.25, 0.3) is 6.08 Å². The van der Waals surface area contributed by atoms with Gasteiger partial charge in [-0.25, -0.2) is 9.79 Å². The fourth-order valence-electron chi connectivity index (χ4n) is 2.82. The number of hydrogen-bond acceptors (Lipinski definition) is 7. The lowest BCUT2D eigenvalue weighted by Gasteiger charge is -2.18. The summed E-state index contributed by atoms with van der Waals surface area (Å²) in [5, 5.41) is 5.14. The van der Waals surface area contributed by atoms with Crippen LogP contribution in [0, 0.1) is 0 Å². The summed E-state index contributed by atoms with van der Waals surface area (Å²) in [6.07, 6.45) is 1.64. The number of carbonyl (C=O) groups excluding carboxylic acids is 3. The molecule has 9 nitrogen and oxygen atoms in total. The third kappa shape index (κ3) is 5.85. The topological polar surface area (TPSA) is 109 Å². The van der Waals surface area contributed by atoms with Crippen molar-refractivity contribution >= 4 is 58.1 Å². The highest BCUT2D eigenvalue weighted by Gasteiger charge is 2.33. The second kappa shape index (κ2) is 10.9. The van der Waals surface area contributed by atoms with E-state index in [9.17, 15) is 14.4 Å². The Labute approximate surface area is 199 Å². The number of anilines is 1. The molecule has 3 rings (SSSR count). The highest BCUT2D eigenvalue weighted by molar-refractivity contribution is 8.14. The number of halogens is 1. The molecule has 1 aliphatic rings. The molecule has 1 aliphatic heterocycles. The van der Waals surface area contributed by atoms with Gasteiger partial charge in [-0.05, 0) is 35.9 Å². The van der Waals surface area contributed by atoms with Crippen molar-refractivity contribution in [2.45, 2.75) is 0 Å². The fourth-order valence-corrected chi connectivity index (χ4v) is 3.83. The summed E-state index contributed by atoms with van der Waals surface area (Å²) in [4.78, 5) is 42.5. The van der Waals surface area contributed by atoms with Gasteiger partial charge >= 0.3 is 6.03 Å². The van der Waals surface area contributed by atoms with Crippen molar-refractivity contribution in [2.24, 2.45) is 4.99 Å². The van der Waals surface area contributed by atoms with E-state index in [-0.39, 0.29) is 22.5 Å². The number of urea groups is 1. The molecule has 0 fully saturated rings. The molecule has 0 aliphatic carbocycles. The average molecular weight is 489 g/mol. The third-order valence-electron chi connectivity index (χ3n) is 4.45. The Balaban J connectivity index is 1.92. The summed E-state index contributed by atoms with van der Waals surface area (Å²) in [7, 11) is 4.44. The van der Waals surface area contributed by atoms with Gasteiger partial charge in [0.2, 0.25) is 5.91 Å². The number of rotatable bonds is 6. The Morgan fingerprint density at radius 3 is 2.52 bits per heavy atom. The number of imide groups is 1. The number of ether oxygens (including phenoxy) is 2. The Morgan fingerprint density at radius 2 is 1.88 bits per heavy atom. The number of hydrogen-bond donors (Lipinski definition) is 2. The lowest BCUT2D eigenvalue weighted by atomic mass is 10.2. The van der Waals surface area contributed by atoms with Crippen LogP contribution in [-0.4, -0.2) is 50.0 Å². The molecule has 0 bridgehead atoms. The molecular weight excluding hydrogens is 468 g/mol. The zero-order chi connectivity index (χ0) is 24.0. The van der Waals surface area contributed by atoms with Crippen molar-refractivity contribution in [3.05, 3.63) is 58.7 Å². The second-order valence-corrected chi connectivity index (χ2v) is 7.92. The highest BCUT2D eigenvalue weighted by Crippen LogP contribution is 2.34. The first-order valence-electron chi connectivity index (χ1n) is 9.63. The van der Waals surface area contributed by atoms with E-state index in [0.717, 1.165) is 17.3 Å². The van der Waals surface area contributed by atoms with E-state index in [4.69, 9.17) is 21.1 Å². The van der Waals surface area contributed by atoms with Crippen molar-refractivity contribution in [2.75, 3.05) is 31.9 Å². The van der Waals surface area contributed by atoms with Crippen molar-refractivity contribution < 1.29 is 23.9 Å². The number of nitrogens with one attached hydrogen (secondary N) is 2. The van der Waals surface area contributed by atoms with E-state index >= 15 is 0 Å². The zero-order valence-corrected chi connectivity index (χ0v) is 19.6. The van der Waals surface area contributed by atoms with E-state index in [1.54, 1.807) is 55.7 Å². The number of benzene rings is 2. The van der Waals surface area contributed by atoms with Crippen molar-refractivity contribution in [3.8, 4) is 11.5 Å². The maximum Gasteiger partial charge on any atom is 0.321 e. The molecule has 172 valence electrons. The van der Waals surface area contributed by atoms with Crippen molar-refractivity contribution in [1.29, 1.82) is 0 Å². The first kappa shape index (κ1) is 24.1. The highest BCUT2D eigenvalue weighted by atomic mass is 35.5. The SMILES string of the molecule is CNC(=O)NC(=O)CSC1=N/C(=C\c2ccc(OC)cc2)C(=O)N1c1ccc(Cl)c(OC)c1. The van der Waals surface area contributed by atoms with Crippen LogP contribution in [0.5, 0.6) is 11.5 Å². The Bertz CT molecular complexity index is 1130. The molecule has 1 heterocycles. The molecule has 0 spiro atoms.